The third kappa shape index (κ3) is 5.40. The monoisotopic (exact) mass is 401 g/mol. The SMILES string of the molecule is CCOc1cc(N)c(Cl)cc1C(=O)NC1CCCCN(Cc2ccccc2)C1. The summed E-state index contributed by atoms with van der Waals surface area (Å²) in [5.74, 6) is 0.300. The first-order valence-corrected chi connectivity index (χ1v) is 10.2. The zero-order valence-corrected chi connectivity index (χ0v) is 17.0. The zero-order valence-electron chi connectivity index (χ0n) is 16.3. The molecule has 0 aliphatic carbocycles. The van der Waals surface area contributed by atoms with Crippen LogP contribution in [0.3, 0.4) is 0 Å². The van der Waals surface area contributed by atoms with E-state index < -0.39 is 0 Å². The number of carbonyl (C=O) groups excluding carboxylic acids is 1. The lowest BCUT2D eigenvalue weighted by atomic mass is 10.1. The molecule has 1 unspecified atom stereocenters. The van der Waals surface area contributed by atoms with Crippen LogP contribution in [0.5, 0.6) is 5.75 Å². The second-order valence-corrected chi connectivity index (χ2v) is 7.60. The lowest BCUT2D eigenvalue weighted by molar-refractivity contribution is 0.0922. The van der Waals surface area contributed by atoms with Gasteiger partial charge in [-0.05, 0) is 37.9 Å². The molecule has 0 spiro atoms. The first-order chi connectivity index (χ1) is 13.6. The molecule has 0 radical (unpaired) electrons. The first-order valence-electron chi connectivity index (χ1n) is 9.85. The second-order valence-electron chi connectivity index (χ2n) is 7.19. The molecule has 1 aliphatic heterocycles. The molecule has 150 valence electrons. The minimum atomic E-state index is -0.170. The summed E-state index contributed by atoms with van der Waals surface area (Å²) >= 11 is 6.14. The fraction of sp³-hybridized carbons (Fsp3) is 0.409. The van der Waals surface area contributed by atoms with Crippen molar-refractivity contribution in [3.05, 3.63) is 58.6 Å². The van der Waals surface area contributed by atoms with Gasteiger partial charge < -0.3 is 15.8 Å². The Labute approximate surface area is 171 Å². The van der Waals surface area contributed by atoms with E-state index in [9.17, 15) is 4.79 Å². The molecule has 28 heavy (non-hydrogen) atoms. The third-order valence-electron chi connectivity index (χ3n) is 4.98. The number of carbonyl (C=O) groups is 1. The molecule has 3 N–H and O–H groups in total. The Hall–Kier alpha value is -2.24. The number of ether oxygens (including phenoxy) is 1. The average molecular weight is 402 g/mol. The maximum atomic E-state index is 12.9. The van der Waals surface area contributed by atoms with Gasteiger partial charge in [0.1, 0.15) is 5.75 Å². The van der Waals surface area contributed by atoms with Gasteiger partial charge in [-0.1, -0.05) is 48.4 Å². The van der Waals surface area contributed by atoms with E-state index >= 15 is 0 Å². The zero-order chi connectivity index (χ0) is 19.9. The lowest BCUT2D eigenvalue weighted by Crippen LogP contribution is -2.42. The van der Waals surface area contributed by atoms with Crippen molar-refractivity contribution in [2.24, 2.45) is 0 Å². The Balaban J connectivity index is 1.69. The van der Waals surface area contributed by atoms with Crippen LogP contribution in [0.2, 0.25) is 5.02 Å². The van der Waals surface area contributed by atoms with Gasteiger partial charge in [-0.2, -0.15) is 0 Å². The van der Waals surface area contributed by atoms with Gasteiger partial charge in [0.05, 0.1) is 22.9 Å². The normalized spacial score (nSPS) is 17.7. The summed E-state index contributed by atoms with van der Waals surface area (Å²) in [5.41, 5.74) is 7.99. The molecule has 5 nitrogen and oxygen atoms in total. The highest BCUT2D eigenvalue weighted by atomic mass is 35.5. The number of benzene rings is 2. The van der Waals surface area contributed by atoms with Crippen LogP contribution in [0.25, 0.3) is 0 Å². The van der Waals surface area contributed by atoms with E-state index in [1.807, 2.05) is 13.0 Å². The predicted octanol–water partition coefficient (Wildman–Crippen LogP) is 4.11. The summed E-state index contributed by atoms with van der Waals surface area (Å²) in [4.78, 5) is 15.3. The molecule has 0 saturated carbocycles. The van der Waals surface area contributed by atoms with E-state index in [0.717, 1.165) is 38.9 Å². The molecule has 1 fully saturated rings. The number of nitrogens with two attached hydrogens (primary N) is 1. The Morgan fingerprint density at radius 2 is 2.07 bits per heavy atom. The van der Waals surface area contributed by atoms with Gasteiger partial charge in [0, 0.05) is 25.2 Å². The molecular formula is C22H28ClN3O2. The van der Waals surface area contributed by atoms with Gasteiger partial charge in [0.2, 0.25) is 0 Å². The van der Waals surface area contributed by atoms with Crippen LogP contribution in [0, 0.1) is 0 Å². The number of halogens is 1. The molecule has 0 bridgehead atoms. The number of nitrogens with zero attached hydrogens (tertiary/aromatic N) is 1. The summed E-state index contributed by atoms with van der Waals surface area (Å²) in [7, 11) is 0. The maximum absolute atomic E-state index is 12.9. The Bertz CT molecular complexity index is 798. The molecule has 1 amide bonds. The van der Waals surface area contributed by atoms with Gasteiger partial charge in [0.25, 0.3) is 5.91 Å². The number of amides is 1. The largest absolute Gasteiger partial charge is 0.493 e. The summed E-state index contributed by atoms with van der Waals surface area (Å²) < 4.78 is 5.60. The third-order valence-corrected chi connectivity index (χ3v) is 5.31. The van der Waals surface area contributed by atoms with Crippen LogP contribution >= 0.6 is 11.6 Å². The number of nitrogen functional groups attached to an aromatic ring is 1. The summed E-state index contributed by atoms with van der Waals surface area (Å²) in [6.45, 7) is 5.09. The first kappa shape index (κ1) is 20.5. The highest BCUT2D eigenvalue weighted by molar-refractivity contribution is 6.33. The van der Waals surface area contributed by atoms with E-state index in [0.29, 0.717) is 28.6 Å². The van der Waals surface area contributed by atoms with Crippen LogP contribution in [0.15, 0.2) is 42.5 Å². The number of anilines is 1. The standard InChI is InChI=1S/C22H28ClN3O2/c1-2-28-21-13-20(24)19(23)12-18(21)22(27)25-17-10-6-7-11-26(15-17)14-16-8-4-3-5-9-16/h3-5,8-9,12-13,17H,2,6-7,10-11,14-15,24H2,1H3,(H,25,27). The summed E-state index contributed by atoms with van der Waals surface area (Å²) in [6.07, 6.45) is 3.19. The van der Waals surface area contributed by atoms with Crippen molar-refractivity contribution in [1.29, 1.82) is 0 Å². The van der Waals surface area contributed by atoms with Crippen molar-refractivity contribution in [2.45, 2.75) is 38.8 Å². The Kier molecular flexibility index (Phi) is 7.18. The summed E-state index contributed by atoms with van der Waals surface area (Å²) in [5, 5.41) is 3.54. The Morgan fingerprint density at radius 1 is 1.29 bits per heavy atom. The molecule has 2 aromatic carbocycles. The van der Waals surface area contributed by atoms with E-state index in [1.54, 1.807) is 12.1 Å². The van der Waals surface area contributed by atoms with Crippen molar-refractivity contribution < 1.29 is 9.53 Å². The van der Waals surface area contributed by atoms with Crippen molar-refractivity contribution in [3.63, 3.8) is 0 Å². The van der Waals surface area contributed by atoms with Gasteiger partial charge in [-0.3, -0.25) is 9.69 Å². The second kappa shape index (κ2) is 9.80. The molecule has 1 heterocycles. The number of hydrogen-bond donors (Lipinski definition) is 2. The van der Waals surface area contributed by atoms with Crippen LogP contribution in [0.4, 0.5) is 5.69 Å². The van der Waals surface area contributed by atoms with Gasteiger partial charge in [0.15, 0.2) is 0 Å². The van der Waals surface area contributed by atoms with Crippen molar-refractivity contribution in [2.75, 3.05) is 25.4 Å². The highest BCUT2D eigenvalue weighted by Crippen LogP contribution is 2.29. The molecule has 1 atom stereocenters. The van der Waals surface area contributed by atoms with Crippen molar-refractivity contribution >= 4 is 23.2 Å². The minimum absolute atomic E-state index is 0.0875. The highest BCUT2D eigenvalue weighted by Gasteiger charge is 2.23. The van der Waals surface area contributed by atoms with Gasteiger partial charge >= 0.3 is 0 Å². The number of nitrogens with one attached hydrogen (secondary N) is 1. The molecule has 1 saturated heterocycles. The van der Waals surface area contributed by atoms with Gasteiger partial charge in [-0.15, -0.1) is 0 Å². The average Bonchev–Trinajstić information content (AvgIpc) is 2.90. The fourth-order valence-electron chi connectivity index (χ4n) is 3.61. The number of rotatable bonds is 6. The van der Waals surface area contributed by atoms with Crippen molar-refractivity contribution in [1.82, 2.24) is 10.2 Å². The van der Waals surface area contributed by atoms with Gasteiger partial charge in [-0.25, -0.2) is 0 Å². The smallest absolute Gasteiger partial charge is 0.255 e. The molecule has 6 heteroatoms. The molecule has 3 rings (SSSR count). The molecule has 2 aromatic rings. The Morgan fingerprint density at radius 3 is 2.82 bits per heavy atom. The topological polar surface area (TPSA) is 67.6 Å². The van der Waals surface area contributed by atoms with Crippen molar-refractivity contribution in [3.8, 4) is 5.75 Å². The van der Waals surface area contributed by atoms with E-state index in [1.165, 1.54) is 5.56 Å². The number of hydrogen-bond acceptors (Lipinski definition) is 4. The minimum Gasteiger partial charge on any atom is -0.493 e. The summed E-state index contributed by atoms with van der Waals surface area (Å²) in [6, 6.07) is 13.7. The number of likely N-dealkylation sites (tertiary alicyclic amines) is 1. The van der Waals surface area contributed by atoms with Crippen LogP contribution in [0.1, 0.15) is 42.1 Å². The molecule has 1 aliphatic rings. The maximum Gasteiger partial charge on any atom is 0.255 e. The lowest BCUT2D eigenvalue weighted by Gasteiger charge is -2.25. The van der Waals surface area contributed by atoms with Crippen LogP contribution in [-0.2, 0) is 6.54 Å². The van der Waals surface area contributed by atoms with E-state index in [2.05, 4.69) is 34.5 Å². The van der Waals surface area contributed by atoms with Crippen LogP contribution < -0.4 is 15.8 Å². The van der Waals surface area contributed by atoms with Crippen LogP contribution in [-0.4, -0.2) is 36.5 Å². The quantitative estimate of drug-likeness (QED) is 0.715. The van der Waals surface area contributed by atoms with E-state index in [-0.39, 0.29) is 11.9 Å². The fourth-order valence-corrected chi connectivity index (χ4v) is 3.77. The predicted molar refractivity (Wildman–Crippen MR) is 114 cm³/mol. The van der Waals surface area contributed by atoms with E-state index in [4.69, 9.17) is 22.1 Å². The molecular weight excluding hydrogens is 374 g/mol. The molecule has 0 aromatic heterocycles.